The topological polar surface area (TPSA) is 59.6 Å². The Morgan fingerprint density at radius 2 is 1.92 bits per heavy atom. The molecule has 2 bridgehead atoms. The summed E-state index contributed by atoms with van der Waals surface area (Å²) >= 11 is 6.35. The molecule has 2 atom stereocenters. The highest BCUT2D eigenvalue weighted by Gasteiger charge is 2.34. The molecule has 2 heterocycles. The summed E-state index contributed by atoms with van der Waals surface area (Å²) in [5.41, 5.74) is 0.517. The number of rotatable bonds is 7. The molecule has 2 aliphatic heterocycles. The lowest BCUT2D eigenvalue weighted by Crippen LogP contribution is -2.48. The Morgan fingerprint density at radius 1 is 1.23 bits per heavy atom. The lowest BCUT2D eigenvalue weighted by molar-refractivity contribution is 0.0923. The second-order valence-corrected chi connectivity index (χ2v) is 7.25. The number of hydrogen-bond acceptors (Lipinski definition) is 4. The van der Waals surface area contributed by atoms with Crippen LogP contribution in [0.25, 0.3) is 0 Å². The van der Waals surface area contributed by atoms with Crippen molar-refractivity contribution in [2.45, 2.75) is 64.1 Å². The molecule has 26 heavy (non-hydrogen) atoms. The van der Waals surface area contributed by atoms with Crippen molar-refractivity contribution in [2.24, 2.45) is 0 Å². The molecule has 2 unspecified atom stereocenters. The number of piperidine rings is 1. The molecular weight excluding hydrogens is 375 g/mol. The van der Waals surface area contributed by atoms with Gasteiger partial charge >= 0.3 is 0 Å². The summed E-state index contributed by atoms with van der Waals surface area (Å²) in [5.74, 6) is 0.942. The first-order chi connectivity index (χ1) is 12.1. The van der Waals surface area contributed by atoms with Crippen LogP contribution in [-0.2, 0) is 0 Å². The standard InChI is InChI=1S/C19H27ClN2O3.ClH/c1-3-7-25-18-16(20)8-12(9-17(18)24-4-2)19(23)22-15-10-13-5-6-14(11-15)21-13;/h8-9,13-15,21H,3-7,10-11H2,1-2H3,(H,22,23);1H. The van der Waals surface area contributed by atoms with Crippen molar-refractivity contribution < 1.29 is 14.3 Å². The van der Waals surface area contributed by atoms with Gasteiger partial charge in [0.25, 0.3) is 5.91 Å². The summed E-state index contributed by atoms with van der Waals surface area (Å²) in [6, 6.07) is 4.69. The van der Waals surface area contributed by atoms with Crippen LogP contribution in [0.4, 0.5) is 0 Å². The van der Waals surface area contributed by atoms with Crippen LogP contribution in [0, 0.1) is 0 Å². The highest BCUT2D eigenvalue weighted by Crippen LogP contribution is 2.37. The molecule has 2 fully saturated rings. The second-order valence-electron chi connectivity index (χ2n) is 6.85. The summed E-state index contributed by atoms with van der Waals surface area (Å²) in [6.45, 7) is 4.97. The average molecular weight is 403 g/mol. The van der Waals surface area contributed by atoms with Crippen molar-refractivity contribution in [3.63, 3.8) is 0 Å². The van der Waals surface area contributed by atoms with Crippen molar-refractivity contribution in [3.05, 3.63) is 22.7 Å². The molecule has 2 aliphatic rings. The molecule has 1 aromatic rings. The molecule has 0 saturated carbocycles. The first kappa shape index (κ1) is 21.1. The second kappa shape index (κ2) is 9.67. The molecule has 2 N–H and O–H groups in total. The average Bonchev–Trinajstić information content (AvgIpc) is 2.92. The number of nitrogens with one attached hydrogen (secondary N) is 2. The van der Waals surface area contributed by atoms with Crippen LogP contribution in [0.15, 0.2) is 12.1 Å². The fourth-order valence-electron chi connectivity index (χ4n) is 3.75. The summed E-state index contributed by atoms with van der Waals surface area (Å²) in [4.78, 5) is 12.7. The van der Waals surface area contributed by atoms with E-state index in [1.165, 1.54) is 12.8 Å². The van der Waals surface area contributed by atoms with Crippen molar-refractivity contribution in [3.8, 4) is 11.5 Å². The first-order valence-electron chi connectivity index (χ1n) is 9.26. The quantitative estimate of drug-likeness (QED) is 0.724. The summed E-state index contributed by atoms with van der Waals surface area (Å²) < 4.78 is 11.3. The van der Waals surface area contributed by atoms with Gasteiger partial charge in [0, 0.05) is 23.7 Å². The molecule has 0 aromatic heterocycles. The fraction of sp³-hybridized carbons (Fsp3) is 0.632. The zero-order valence-electron chi connectivity index (χ0n) is 15.3. The molecule has 1 aromatic carbocycles. The van der Waals surface area contributed by atoms with Crippen molar-refractivity contribution in [1.29, 1.82) is 0 Å². The number of fused-ring (bicyclic) bond motifs is 2. The third-order valence-corrected chi connectivity index (χ3v) is 5.11. The number of halogens is 2. The van der Waals surface area contributed by atoms with Crippen molar-refractivity contribution in [1.82, 2.24) is 10.6 Å². The van der Waals surface area contributed by atoms with E-state index in [0.717, 1.165) is 19.3 Å². The SMILES string of the molecule is CCCOc1c(Cl)cc(C(=O)NC2CC3CCC(C2)N3)cc1OCC.Cl. The van der Waals surface area contributed by atoms with Crippen LogP contribution in [0.2, 0.25) is 5.02 Å². The van der Waals surface area contributed by atoms with Gasteiger partial charge in [-0.3, -0.25) is 4.79 Å². The van der Waals surface area contributed by atoms with E-state index in [9.17, 15) is 4.79 Å². The Bertz CT molecular complexity index is 615. The van der Waals surface area contributed by atoms with Gasteiger partial charge in [-0.2, -0.15) is 0 Å². The van der Waals surface area contributed by atoms with Crippen molar-refractivity contribution in [2.75, 3.05) is 13.2 Å². The van der Waals surface area contributed by atoms with Crippen LogP contribution in [0.3, 0.4) is 0 Å². The number of amides is 1. The minimum Gasteiger partial charge on any atom is -0.490 e. The summed E-state index contributed by atoms with van der Waals surface area (Å²) in [7, 11) is 0. The van der Waals surface area contributed by atoms with E-state index in [-0.39, 0.29) is 24.4 Å². The maximum Gasteiger partial charge on any atom is 0.251 e. The maximum absolute atomic E-state index is 12.7. The number of carbonyl (C=O) groups is 1. The minimum absolute atomic E-state index is 0. The molecule has 146 valence electrons. The largest absolute Gasteiger partial charge is 0.490 e. The third-order valence-electron chi connectivity index (χ3n) is 4.83. The van der Waals surface area contributed by atoms with Gasteiger partial charge in [-0.15, -0.1) is 12.4 Å². The zero-order chi connectivity index (χ0) is 17.8. The van der Waals surface area contributed by atoms with Gasteiger partial charge < -0.3 is 20.1 Å². The van der Waals surface area contributed by atoms with E-state index in [1.807, 2.05) is 13.8 Å². The normalized spacial score (nSPS) is 23.9. The lowest BCUT2D eigenvalue weighted by atomic mass is 9.99. The smallest absolute Gasteiger partial charge is 0.251 e. The van der Waals surface area contributed by atoms with E-state index in [4.69, 9.17) is 21.1 Å². The highest BCUT2D eigenvalue weighted by molar-refractivity contribution is 6.32. The van der Waals surface area contributed by atoms with Gasteiger partial charge in [-0.1, -0.05) is 18.5 Å². The van der Waals surface area contributed by atoms with Gasteiger partial charge in [0.05, 0.1) is 18.2 Å². The Morgan fingerprint density at radius 3 is 2.54 bits per heavy atom. The minimum atomic E-state index is -0.101. The first-order valence-corrected chi connectivity index (χ1v) is 9.64. The zero-order valence-corrected chi connectivity index (χ0v) is 16.9. The predicted molar refractivity (Wildman–Crippen MR) is 106 cm³/mol. The number of ether oxygens (including phenoxy) is 2. The van der Waals surface area contributed by atoms with Crippen LogP contribution in [0.1, 0.15) is 56.3 Å². The predicted octanol–water partition coefficient (Wildman–Crippen LogP) is 3.96. The fourth-order valence-corrected chi connectivity index (χ4v) is 4.02. The molecule has 5 nitrogen and oxygen atoms in total. The van der Waals surface area contributed by atoms with E-state index in [1.54, 1.807) is 12.1 Å². The number of hydrogen-bond donors (Lipinski definition) is 2. The summed E-state index contributed by atoms with van der Waals surface area (Å²) in [5, 5.41) is 7.16. The van der Waals surface area contributed by atoms with E-state index < -0.39 is 0 Å². The van der Waals surface area contributed by atoms with Gasteiger partial charge in [0.1, 0.15) is 0 Å². The lowest BCUT2D eigenvalue weighted by Gasteiger charge is -2.29. The molecule has 3 rings (SSSR count). The van der Waals surface area contributed by atoms with Crippen LogP contribution in [-0.4, -0.2) is 37.2 Å². The molecule has 0 radical (unpaired) electrons. The summed E-state index contributed by atoms with van der Waals surface area (Å²) in [6.07, 6.45) is 5.28. The van der Waals surface area contributed by atoms with Crippen LogP contribution < -0.4 is 20.1 Å². The highest BCUT2D eigenvalue weighted by atomic mass is 35.5. The third kappa shape index (κ3) is 4.96. The molecule has 1 amide bonds. The Labute approximate surface area is 166 Å². The van der Waals surface area contributed by atoms with Crippen LogP contribution in [0.5, 0.6) is 11.5 Å². The van der Waals surface area contributed by atoms with Gasteiger partial charge in [-0.05, 0) is 51.2 Å². The van der Waals surface area contributed by atoms with Crippen LogP contribution >= 0.6 is 24.0 Å². The molecule has 7 heteroatoms. The van der Waals surface area contributed by atoms with Crippen molar-refractivity contribution >= 4 is 29.9 Å². The Balaban J connectivity index is 0.00000243. The van der Waals surface area contributed by atoms with E-state index in [2.05, 4.69) is 10.6 Å². The van der Waals surface area contributed by atoms with E-state index in [0.29, 0.717) is 47.4 Å². The molecule has 0 aliphatic carbocycles. The monoisotopic (exact) mass is 402 g/mol. The van der Waals surface area contributed by atoms with Gasteiger partial charge in [-0.25, -0.2) is 0 Å². The Kier molecular flexibility index (Phi) is 7.86. The number of benzene rings is 1. The molecule has 2 saturated heterocycles. The van der Waals surface area contributed by atoms with Gasteiger partial charge in [0.2, 0.25) is 0 Å². The number of carbonyl (C=O) groups excluding carboxylic acids is 1. The molecular formula is C19H28Cl2N2O3. The Hall–Kier alpha value is -1.17. The van der Waals surface area contributed by atoms with E-state index >= 15 is 0 Å². The maximum atomic E-state index is 12.7. The molecule has 0 spiro atoms. The van der Waals surface area contributed by atoms with Gasteiger partial charge in [0.15, 0.2) is 11.5 Å².